The second-order valence-electron chi connectivity index (χ2n) is 5.82. The van der Waals surface area contributed by atoms with E-state index in [-0.39, 0.29) is 17.9 Å². The standard InChI is InChI=1S/C15H23N5O2/c1-2-13-16-4-8-19(13)6-3-14(21)20-10-9-18-7-5-17-15(22)12(18)11-20/h4,8,12H,2-3,5-7,9-11H2,1H3,(H,17,22). The molecule has 3 heterocycles. The maximum atomic E-state index is 12.4. The summed E-state index contributed by atoms with van der Waals surface area (Å²) in [7, 11) is 0. The van der Waals surface area contributed by atoms with E-state index < -0.39 is 0 Å². The number of rotatable bonds is 4. The number of amides is 2. The number of carbonyl (C=O) groups excluding carboxylic acids is 2. The molecule has 2 fully saturated rings. The summed E-state index contributed by atoms with van der Waals surface area (Å²) in [5, 5.41) is 2.88. The molecule has 1 atom stereocenters. The Morgan fingerprint density at radius 3 is 3.09 bits per heavy atom. The van der Waals surface area contributed by atoms with Crippen molar-refractivity contribution in [2.45, 2.75) is 32.4 Å². The van der Waals surface area contributed by atoms with E-state index in [1.165, 1.54) is 0 Å². The summed E-state index contributed by atoms with van der Waals surface area (Å²) in [6.07, 6.45) is 5.01. The molecule has 22 heavy (non-hydrogen) atoms. The quantitative estimate of drug-likeness (QED) is 0.812. The fourth-order valence-electron chi connectivity index (χ4n) is 3.24. The van der Waals surface area contributed by atoms with Gasteiger partial charge in [-0.25, -0.2) is 4.98 Å². The fourth-order valence-corrected chi connectivity index (χ4v) is 3.24. The first-order valence-corrected chi connectivity index (χ1v) is 7.98. The van der Waals surface area contributed by atoms with Crippen LogP contribution in [-0.2, 0) is 22.6 Å². The van der Waals surface area contributed by atoms with Gasteiger partial charge >= 0.3 is 0 Å². The topological polar surface area (TPSA) is 70.5 Å². The second kappa shape index (κ2) is 6.48. The monoisotopic (exact) mass is 305 g/mol. The summed E-state index contributed by atoms with van der Waals surface area (Å²) >= 11 is 0. The van der Waals surface area contributed by atoms with Crippen molar-refractivity contribution in [1.82, 2.24) is 24.7 Å². The predicted molar refractivity (Wildman–Crippen MR) is 81.2 cm³/mol. The Hall–Kier alpha value is -1.89. The lowest BCUT2D eigenvalue weighted by molar-refractivity contribution is -0.140. The van der Waals surface area contributed by atoms with Gasteiger partial charge in [0.2, 0.25) is 11.8 Å². The number of nitrogens with zero attached hydrogens (tertiary/aromatic N) is 4. The van der Waals surface area contributed by atoms with Gasteiger partial charge in [0, 0.05) is 64.5 Å². The molecular formula is C15H23N5O2. The lowest BCUT2D eigenvalue weighted by Crippen LogP contribution is -2.64. The number of hydrogen-bond donors (Lipinski definition) is 1. The van der Waals surface area contributed by atoms with Crippen LogP contribution in [-0.4, -0.2) is 69.9 Å². The number of nitrogens with one attached hydrogen (secondary N) is 1. The van der Waals surface area contributed by atoms with Crippen molar-refractivity contribution in [2.24, 2.45) is 0 Å². The Morgan fingerprint density at radius 1 is 1.41 bits per heavy atom. The summed E-state index contributed by atoms with van der Waals surface area (Å²) < 4.78 is 2.03. The molecule has 1 unspecified atom stereocenters. The molecule has 2 saturated heterocycles. The van der Waals surface area contributed by atoms with Gasteiger partial charge in [-0.05, 0) is 0 Å². The maximum absolute atomic E-state index is 12.4. The molecule has 0 spiro atoms. The SMILES string of the molecule is CCc1nccn1CCC(=O)N1CCN2CCNC(=O)C2C1. The Kier molecular flexibility index (Phi) is 4.42. The van der Waals surface area contributed by atoms with Crippen molar-refractivity contribution >= 4 is 11.8 Å². The van der Waals surface area contributed by atoms with Crippen LogP contribution in [0.25, 0.3) is 0 Å². The third kappa shape index (κ3) is 2.99. The Morgan fingerprint density at radius 2 is 2.27 bits per heavy atom. The van der Waals surface area contributed by atoms with Crippen LogP contribution in [0.4, 0.5) is 0 Å². The zero-order chi connectivity index (χ0) is 15.5. The highest BCUT2D eigenvalue weighted by Gasteiger charge is 2.35. The Bertz CT molecular complexity index is 556. The minimum absolute atomic E-state index is 0.0478. The van der Waals surface area contributed by atoms with Crippen LogP contribution in [0.5, 0.6) is 0 Å². The Labute approximate surface area is 130 Å². The molecule has 0 radical (unpaired) electrons. The van der Waals surface area contributed by atoms with Gasteiger partial charge in [-0.15, -0.1) is 0 Å². The normalized spacial score (nSPS) is 22.3. The molecule has 2 amide bonds. The van der Waals surface area contributed by atoms with Crippen LogP contribution in [0.2, 0.25) is 0 Å². The minimum Gasteiger partial charge on any atom is -0.353 e. The van der Waals surface area contributed by atoms with Crippen LogP contribution in [0.1, 0.15) is 19.2 Å². The lowest BCUT2D eigenvalue weighted by atomic mass is 10.1. The van der Waals surface area contributed by atoms with Crippen LogP contribution in [0, 0.1) is 0 Å². The van der Waals surface area contributed by atoms with Crippen molar-refractivity contribution in [3.05, 3.63) is 18.2 Å². The van der Waals surface area contributed by atoms with Gasteiger partial charge in [0.1, 0.15) is 11.9 Å². The smallest absolute Gasteiger partial charge is 0.239 e. The van der Waals surface area contributed by atoms with Gasteiger partial charge in [-0.2, -0.15) is 0 Å². The summed E-state index contributed by atoms with van der Waals surface area (Å²) in [6, 6.07) is -0.175. The van der Waals surface area contributed by atoms with Crippen molar-refractivity contribution in [3.63, 3.8) is 0 Å². The van der Waals surface area contributed by atoms with Gasteiger partial charge in [0.15, 0.2) is 0 Å². The predicted octanol–water partition coefficient (Wildman–Crippen LogP) is -0.522. The highest BCUT2D eigenvalue weighted by molar-refractivity contribution is 5.84. The molecular weight excluding hydrogens is 282 g/mol. The summed E-state index contributed by atoms with van der Waals surface area (Å²) in [6.45, 7) is 6.31. The van der Waals surface area contributed by atoms with Crippen molar-refractivity contribution < 1.29 is 9.59 Å². The molecule has 0 aliphatic carbocycles. The van der Waals surface area contributed by atoms with E-state index in [1.807, 2.05) is 15.7 Å². The third-order valence-corrected chi connectivity index (χ3v) is 4.53. The molecule has 3 rings (SSSR count). The zero-order valence-electron chi connectivity index (χ0n) is 13.0. The molecule has 1 N–H and O–H groups in total. The molecule has 2 aliphatic heterocycles. The van der Waals surface area contributed by atoms with Gasteiger partial charge in [-0.3, -0.25) is 14.5 Å². The maximum Gasteiger partial charge on any atom is 0.239 e. The van der Waals surface area contributed by atoms with Crippen LogP contribution in [0.3, 0.4) is 0 Å². The van der Waals surface area contributed by atoms with Gasteiger partial charge in [0.05, 0.1) is 0 Å². The van der Waals surface area contributed by atoms with E-state index in [9.17, 15) is 9.59 Å². The van der Waals surface area contributed by atoms with Crippen LogP contribution in [0.15, 0.2) is 12.4 Å². The van der Waals surface area contributed by atoms with Gasteiger partial charge in [-0.1, -0.05) is 6.92 Å². The molecule has 1 aromatic heterocycles. The fraction of sp³-hybridized carbons (Fsp3) is 0.667. The van der Waals surface area contributed by atoms with E-state index in [2.05, 4.69) is 22.1 Å². The largest absolute Gasteiger partial charge is 0.353 e. The van der Waals surface area contributed by atoms with Crippen molar-refractivity contribution in [3.8, 4) is 0 Å². The van der Waals surface area contributed by atoms with Crippen molar-refractivity contribution in [2.75, 3.05) is 32.7 Å². The van der Waals surface area contributed by atoms with Crippen LogP contribution < -0.4 is 5.32 Å². The highest BCUT2D eigenvalue weighted by Crippen LogP contribution is 2.14. The summed E-state index contributed by atoms with van der Waals surface area (Å²) in [5.74, 6) is 1.17. The van der Waals surface area contributed by atoms with E-state index in [0.29, 0.717) is 32.6 Å². The van der Waals surface area contributed by atoms with E-state index in [1.54, 1.807) is 6.20 Å². The molecule has 120 valence electrons. The molecule has 0 saturated carbocycles. The van der Waals surface area contributed by atoms with E-state index in [0.717, 1.165) is 25.3 Å². The first kappa shape index (κ1) is 15.0. The molecule has 0 aromatic carbocycles. The number of aryl methyl sites for hydroxylation is 2. The van der Waals surface area contributed by atoms with Gasteiger partial charge in [0.25, 0.3) is 0 Å². The summed E-state index contributed by atoms with van der Waals surface area (Å²) in [4.78, 5) is 32.6. The Balaban J connectivity index is 1.55. The molecule has 1 aromatic rings. The number of imidazole rings is 1. The van der Waals surface area contributed by atoms with Crippen molar-refractivity contribution in [1.29, 1.82) is 0 Å². The minimum atomic E-state index is -0.175. The van der Waals surface area contributed by atoms with E-state index in [4.69, 9.17) is 0 Å². The summed E-state index contributed by atoms with van der Waals surface area (Å²) in [5.41, 5.74) is 0. The molecule has 2 aliphatic rings. The zero-order valence-corrected chi connectivity index (χ0v) is 13.0. The number of piperazine rings is 2. The average Bonchev–Trinajstić information content (AvgIpc) is 3.00. The third-order valence-electron chi connectivity index (χ3n) is 4.53. The number of fused-ring (bicyclic) bond motifs is 1. The first-order valence-electron chi connectivity index (χ1n) is 7.98. The number of carbonyl (C=O) groups is 2. The number of hydrogen-bond acceptors (Lipinski definition) is 4. The molecule has 0 bridgehead atoms. The first-order chi connectivity index (χ1) is 10.7. The van der Waals surface area contributed by atoms with E-state index >= 15 is 0 Å². The average molecular weight is 305 g/mol. The highest BCUT2D eigenvalue weighted by atomic mass is 16.2. The molecule has 7 heteroatoms. The van der Waals surface area contributed by atoms with Gasteiger partial charge < -0.3 is 14.8 Å². The molecule has 7 nitrogen and oxygen atoms in total. The van der Waals surface area contributed by atoms with Crippen LogP contribution >= 0.6 is 0 Å². The lowest BCUT2D eigenvalue weighted by Gasteiger charge is -2.43. The second-order valence-corrected chi connectivity index (χ2v) is 5.82. The number of aromatic nitrogens is 2.